The van der Waals surface area contributed by atoms with E-state index in [1.807, 2.05) is 35.0 Å². The molecule has 1 aliphatic rings. The number of carbonyl (C=O) groups excluding carboxylic acids is 1. The Kier molecular flexibility index (Phi) is 4.83. The summed E-state index contributed by atoms with van der Waals surface area (Å²) < 4.78 is 29.0. The Morgan fingerprint density at radius 1 is 1.07 bits per heavy atom. The molecule has 1 amide bonds. The highest BCUT2D eigenvalue weighted by Gasteiger charge is 2.40. The molecule has 0 spiro atoms. The molecule has 1 aromatic heterocycles. The summed E-state index contributed by atoms with van der Waals surface area (Å²) in [5, 5.41) is 0.735. The maximum absolute atomic E-state index is 12.6. The predicted octanol–water partition coefficient (Wildman–Crippen LogP) is 3.57. The van der Waals surface area contributed by atoms with Crippen molar-refractivity contribution in [3.63, 3.8) is 0 Å². The van der Waals surface area contributed by atoms with Gasteiger partial charge in [-0.15, -0.1) is 0 Å². The fraction of sp³-hybridized carbons (Fsp3) is 0.111. The van der Waals surface area contributed by atoms with E-state index >= 15 is 0 Å². The third kappa shape index (κ3) is 3.30. The van der Waals surface area contributed by atoms with Crippen molar-refractivity contribution in [3.8, 4) is 5.69 Å². The second-order valence-corrected chi connectivity index (χ2v) is 9.59. The first kappa shape index (κ1) is 18.3. The second-order valence-electron chi connectivity index (χ2n) is 5.78. The van der Waals surface area contributed by atoms with E-state index < -0.39 is 15.9 Å². The third-order valence-electron chi connectivity index (χ3n) is 4.15. The zero-order chi connectivity index (χ0) is 19.0. The summed E-state index contributed by atoms with van der Waals surface area (Å²) in [6.45, 7) is 0.0910. The Bertz CT molecular complexity index is 1110. The van der Waals surface area contributed by atoms with E-state index in [0.717, 1.165) is 19.6 Å². The summed E-state index contributed by atoms with van der Waals surface area (Å²) in [5.74, 6) is -0.0607. The van der Waals surface area contributed by atoms with Crippen LogP contribution in [0.25, 0.3) is 5.69 Å². The van der Waals surface area contributed by atoms with Crippen molar-refractivity contribution < 1.29 is 13.2 Å². The van der Waals surface area contributed by atoms with E-state index in [4.69, 9.17) is 0 Å². The van der Waals surface area contributed by atoms with Crippen molar-refractivity contribution in [2.24, 2.45) is 0 Å². The average Bonchev–Trinajstić information content (AvgIpc) is 3.20. The molecule has 0 fully saturated rings. The zero-order valence-electron chi connectivity index (χ0n) is 13.9. The number of benzene rings is 2. The first-order chi connectivity index (χ1) is 13.0. The van der Waals surface area contributed by atoms with Gasteiger partial charge >= 0.3 is 0 Å². The summed E-state index contributed by atoms with van der Waals surface area (Å²) in [6, 6.07) is 14.1. The summed E-state index contributed by atoms with van der Waals surface area (Å²) >= 11 is 4.81. The first-order valence-electron chi connectivity index (χ1n) is 8.07. The van der Waals surface area contributed by atoms with Gasteiger partial charge in [0.2, 0.25) is 0 Å². The molecule has 0 unspecified atom stereocenters. The van der Waals surface area contributed by atoms with Gasteiger partial charge in [0.15, 0.2) is 5.16 Å². The lowest BCUT2D eigenvalue weighted by Crippen LogP contribution is -2.32. The number of carbonyl (C=O) groups is 1. The monoisotopic (exact) mass is 463 g/mol. The Labute approximate surface area is 169 Å². The van der Waals surface area contributed by atoms with Crippen LogP contribution in [0.1, 0.15) is 10.4 Å². The molecule has 9 heteroatoms. The maximum atomic E-state index is 12.6. The number of nitrogens with zero attached hydrogens (tertiary/aromatic N) is 3. The summed E-state index contributed by atoms with van der Waals surface area (Å²) in [6.07, 6.45) is 3.54. The molecule has 0 aliphatic carbocycles. The number of fused-ring (bicyclic) bond motifs is 1. The van der Waals surface area contributed by atoms with Crippen LogP contribution < -0.4 is 0 Å². The van der Waals surface area contributed by atoms with Crippen molar-refractivity contribution in [1.82, 2.24) is 13.9 Å². The molecular weight excluding hydrogens is 450 g/mol. The lowest BCUT2D eigenvalue weighted by Gasteiger charge is -2.15. The van der Waals surface area contributed by atoms with E-state index in [-0.39, 0.29) is 17.0 Å². The largest absolute Gasteiger partial charge is 0.295 e. The van der Waals surface area contributed by atoms with Gasteiger partial charge in [0.1, 0.15) is 4.90 Å². The molecule has 1 aliphatic heterocycles. The minimum Gasteiger partial charge on any atom is -0.295 e. The first-order valence-corrected chi connectivity index (χ1v) is 11.3. The molecule has 2 heterocycles. The molecule has 0 bridgehead atoms. The van der Waals surface area contributed by atoms with Gasteiger partial charge in [-0.25, -0.2) is 17.7 Å². The quantitative estimate of drug-likeness (QED) is 0.540. The number of thioether (sulfide) groups is 1. The second kappa shape index (κ2) is 7.14. The van der Waals surface area contributed by atoms with Crippen LogP contribution >= 0.6 is 27.7 Å². The molecule has 27 heavy (non-hydrogen) atoms. The Hall–Kier alpha value is -2.10. The van der Waals surface area contributed by atoms with Crippen molar-refractivity contribution in [3.05, 3.63) is 71.0 Å². The number of aromatic nitrogens is 2. The van der Waals surface area contributed by atoms with Crippen LogP contribution in [0, 0.1) is 0 Å². The van der Waals surface area contributed by atoms with Crippen LogP contribution in [0.2, 0.25) is 0 Å². The normalized spacial score (nSPS) is 15.1. The van der Waals surface area contributed by atoms with Gasteiger partial charge in [0.05, 0.1) is 5.56 Å². The lowest BCUT2D eigenvalue weighted by atomic mass is 10.2. The Morgan fingerprint density at radius 3 is 2.56 bits per heavy atom. The molecule has 0 saturated heterocycles. The van der Waals surface area contributed by atoms with Crippen LogP contribution in [-0.2, 0) is 10.0 Å². The standard InChI is InChI=1S/C18H14BrN3O3S2/c19-13-5-7-14(8-6-13)21-10-9-20-18(21)26-12-11-22-17(23)15-3-1-2-4-16(15)27(22,24)25/h1-10H,11-12H2. The molecular formula is C18H14BrN3O3S2. The topological polar surface area (TPSA) is 72.3 Å². The summed E-state index contributed by atoms with van der Waals surface area (Å²) in [5.41, 5.74) is 1.19. The molecule has 0 radical (unpaired) electrons. The predicted molar refractivity (Wildman–Crippen MR) is 107 cm³/mol. The molecule has 3 aromatic rings. The van der Waals surface area contributed by atoms with Crippen molar-refractivity contribution >= 4 is 43.6 Å². The minimum atomic E-state index is -3.77. The zero-order valence-corrected chi connectivity index (χ0v) is 17.2. The average molecular weight is 464 g/mol. The van der Waals surface area contributed by atoms with Gasteiger partial charge in [-0.3, -0.25) is 9.36 Å². The fourth-order valence-corrected chi connectivity index (χ4v) is 5.71. The smallest absolute Gasteiger partial charge is 0.269 e. The van der Waals surface area contributed by atoms with Crippen LogP contribution in [0.4, 0.5) is 0 Å². The van der Waals surface area contributed by atoms with Crippen LogP contribution in [0.5, 0.6) is 0 Å². The van der Waals surface area contributed by atoms with Gasteiger partial charge in [0, 0.05) is 34.9 Å². The molecule has 0 saturated carbocycles. The third-order valence-corrected chi connectivity index (χ3v) is 7.47. The number of amides is 1. The highest BCUT2D eigenvalue weighted by atomic mass is 79.9. The van der Waals surface area contributed by atoms with Gasteiger partial charge in [-0.1, -0.05) is 39.8 Å². The van der Waals surface area contributed by atoms with Gasteiger partial charge < -0.3 is 0 Å². The highest BCUT2D eigenvalue weighted by molar-refractivity contribution is 9.10. The van der Waals surface area contributed by atoms with E-state index in [9.17, 15) is 13.2 Å². The summed E-state index contributed by atoms with van der Waals surface area (Å²) in [7, 11) is -3.77. The lowest BCUT2D eigenvalue weighted by molar-refractivity contribution is 0.0876. The van der Waals surface area contributed by atoms with Crippen molar-refractivity contribution in [2.45, 2.75) is 10.1 Å². The van der Waals surface area contributed by atoms with E-state index in [0.29, 0.717) is 5.75 Å². The minimum absolute atomic E-state index is 0.0800. The molecule has 0 atom stereocenters. The van der Waals surface area contributed by atoms with Crippen LogP contribution in [0.3, 0.4) is 0 Å². The van der Waals surface area contributed by atoms with Crippen LogP contribution in [-0.4, -0.2) is 40.5 Å². The maximum Gasteiger partial charge on any atom is 0.269 e. The number of sulfonamides is 1. The number of imidazole rings is 1. The van der Waals surface area contributed by atoms with E-state index in [1.54, 1.807) is 24.4 Å². The fourth-order valence-electron chi connectivity index (χ4n) is 2.87. The molecule has 0 N–H and O–H groups in total. The molecule has 6 nitrogen and oxygen atoms in total. The van der Waals surface area contributed by atoms with Gasteiger partial charge in [-0.05, 0) is 36.4 Å². The summed E-state index contributed by atoms with van der Waals surface area (Å²) in [4.78, 5) is 16.9. The SMILES string of the molecule is O=C1c2ccccc2S(=O)(=O)N1CCSc1nccn1-c1ccc(Br)cc1. The van der Waals surface area contributed by atoms with E-state index in [2.05, 4.69) is 20.9 Å². The molecule has 138 valence electrons. The number of hydrogen-bond acceptors (Lipinski definition) is 5. The van der Waals surface area contributed by atoms with Crippen molar-refractivity contribution in [2.75, 3.05) is 12.3 Å². The Morgan fingerprint density at radius 2 is 1.81 bits per heavy atom. The van der Waals surface area contributed by atoms with Crippen molar-refractivity contribution in [1.29, 1.82) is 0 Å². The number of halogens is 1. The highest BCUT2D eigenvalue weighted by Crippen LogP contribution is 2.30. The number of hydrogen-bond donors (Lipinski definition) is 0. The van der Waals surface area contributed by atoms with Crippen LogP contribution in [0.15, 0.2) is 75.4 Å². The molecule has 4 rings (SSSR count). The van der Waals surface area contributed by atoms with E-state index in [1.165, 1.54) is 17.8 Å². The molecule has 2 aromatic carbocycles. The Balaban J connectivity index is 1.48. The van der Waals surface area contributed by atoms with Gasteiger partial charge in [0.25, 0.3) is 15.9 Å². The van der Waals surface area contributed by atoms with Gasteiger partial charge in [-0.2, -0.15) is 0 Å². The number of rotatable bonds is 5.